The molecule has 0 bridgehead atoms. The summed E-state index contributed by atoms with van der Waals surface area (Å²) in [5, 5.41) is 5.76. The molecule has 2 aromatic rings. The van der Waals surface area contributed by atoms with Crippen molar-refractivity contribution in [2.24, 2.45) is 5.73 Å². The number of carbonyl (C=O) groups is 1. The molecule has 0 fully saturated rings. The van der Waals surface area contributed by atoms with Crippen LogP contribution in [0.2, 0.25) is 0 Å². The second-order valence-corrected chi connectivity index (χ2v) is 5.49. The highest BCUT2D eigenvalue weighted by molar-refractivity contribution is 7.09. The molecule has 1 amide bonds. The smallest absolute Gasteiger partial charge is 0.251 e. The maximum absolute atomic E-state index is 12.3. The Hall–Kier alpha value is -2.16. The second kappa shape index (κ2) is 7.02. The molecule has 108 valence electrons. The number of hydrogen-bond acceptors (Lipinski definition) is 4. The van der Waals surface area contributed by atoms with E-state index in [1.165, 1.54) is 0 Å². The predicted molar refractivity (Wildman–Crippen MR) is 85.1 cm³/mol. The number of benzene rings is 1. The van der Waals surface area contributed by atoms with Gasteiger partial charge >= 0.3 is 0 Å². The number of nitrogens with zero attached hydrogens (tertiary/aromatic N) is 1. The predicted octanol–water partition coefficient (Wildman–Crippen LogP) is 2.00. The van der Waals surface area contributed by atoms with Gasteiger partial charge in [-0.15, -0.1) is 11.3 Å². The average Bonchev–Trinajstić information content (AvgIpc) is 2.89. The summed E-state index contributed by atoms with van der Waals surface area (Å²) in [4.78, 5) is 16.6. The van der Waals surface area contributed by atoms with E-state index in [4.69, 9.17) is 5.73 Å². The fraction of sp³-hybridized carbons (Fsp3) is 0.250. The summed E-state index contributed by atoms with van der Waals surface area (Å²) >= 11 is 1.54. The van der Waals surface area contributed by atoms with Crippen molar-refractivity contribution in [2.45, 2.75) is 20.4 Å². The van der Waals surface area contributed by atoms with Crippen molar-refractivity contribution >= 4 is 17.2 Å². The molecule has 1 heterocycles. The van der Waals surface area contributed by atoms with Crippen LogP contribution in [0.3, 0.4) is 0 Å². The van der Waals surface area contributed by atoms with Crippen LogP contribution in [0.25, 0.3) is 0 Å². The molecule has 0 saturated carbocycles. The number of aromatic nitrogens is 1. The van der Waals surface area contributed by atoms with Gasteiger partial charge in [0, 0.05) is 22.2 Å². The lowest BCUT2D eigenvalue weighted by atomic mass is 10.0. The third-order valence-electron chi connectivity index (χ3n) is 2.97. The summed E-state index contributed by atoms with van der Waals surface area (Å²) in [5.74, 6) is 5.68. The Morgan fingerprint density at radius 1 is 1.43 bits per heavy atom. The van der Waals surface area contributed by atoms with Gasteiger partial charge in [-0.3, -0.25) is 4.79 Å². The fourth-order valence-electron chi connectivity index (χ4n) is 1.90. The van der Waals surface area contributed by atoms with E-state index in [2.05, 4.69) is 22.1 Å². The van der Waals surface area contributed by atoms with E-state index in [9.17, 15) is 4.79 Å². The number of hydrogen-bond donors (Lipinski definition) is 2. The third-order valence-corrected chi connectivity index (χ3v) is 3.94. The molecule has 4 nitrogen and oxygen atoms in total. The first-order valence-electron chi connectivity index (χ1n) is 6.59. The van der Waals surface area contributed by atoms with Gasteiger partial charge in [-0.05, 0) is 31.5 Å². The van der Waals surface area contributed by atoms with Crippen LogP contribution in [0, 0.1) is 25.7 Å². The molecule has 0 aliphatic carbocycles. The molecule has 5 heteroatoms. The van der Waals surface area contributed by atoms with Crippen LogP contribution in [-0.2, 0) is 6.54 Å². The molecule has 0 aliphatic rings. The zero-order valence-electron chi connectivity index (χ0n) is 12.1. The zero-order valence-corrected chi connectivity index (χ0v) is 12.9. The van der Waals surface area contributed by atoms with Gasteiger partial charge in [-0.25, -0.2) is 4.98 Å². The van der Waals surface area contributed by atoms with Gasteiger partial charge < -0.3 is 11.1 Å². The maximum atomic E-state index is 12.3. The van der Waals surface area contributed by atoms with E-state index in [-0.39, 0.29) is 5.91 Å². The molecule has 0 aliphatic heterocycles. The standard InChI is InChI=1S/C16H17N3OS/c1-11-10-21-15(19-11)9-18-16(20)14-7-3-5-13(12(14)2)6-4-8-17/h3,5,7,10H,8-9,17H2,1-2H3,(H,18,20). The topological polar surface area (TPSA) is 68.0 Å². The number of rotatable bonds is 3. The van der Waals surface area contributed by atoms with Crippen molar-refractivity contribution in [2.75, 3.05) is 6.54 Å². The van der Waals surface area contributed by atoms with Gasteiger partial charge in [0.25, 0.3) is 5.91 Å². The Morgan fingerprint density at radius 3 is 2.90 bits per heavy atom. The molecule has 1 aromatic carbocycles. The van der Waals surface area contributed by atoms with E-state index in [0.29, 0.717) is 18.7 Å². The summed E-state index contributed by atoms with van der Waals surface area (Å²) in [7, 11) is 0. The number of nitrogens with one attached hydrogen (secondary N) is 1. The summed E-state index contributed by atoms with van der Waals surface area (Å²) in [6, 6.07) is 5.51. The lowest BCUT2D eigenvalue weighted by Crippen LogP contribution is -2.23. The Labute approximate surface area is 128 Å². The highest BCUT2D eigenvalue weighted by atomic mass is 32.1. The molecule has 2 rings (SSSR count). The van der Waals surface area contributed by atoms with Crippen molar-refractivity contribution in [3.8, 4) is 11.8 Å². The monoisotopic (exact) mass is 299 g/mol. The summed E-state index contributed by atoms with van der Waals surface area (Å²) in [5.41, 5.74) is 8.68. The van der Waals surface area contributed by atoms with E-state index in [1.807, 2.05) is 31.4 Å². The number of carbonyl (C=O) groups excluding carboxylic acids is 1. The van der Waals surface area contributed by atoms with Crippen molar-refractivity contribution in [1.82, 2.24) is 10.3 Å². The Morgan fingerprint density at radius 2 is 2.24 bits per heavy atom. The van der Waals surface area contributed by atoms with Crippen LogP contribution >= 0.6 is 11.3 Å². The minimum absolute atomic E-state index is 0.114. The summed E-state index contributed by atoms with van der Waals surface area (Å²) < 4.78 is 0. The van der Waals surface area contributed by atoms with E-state index in [1.54, 1.807) is 17.4 Å². The lowest BCUT2D eigenvalue weighted by Gasteiger charge is -2.08. The average molecular weight is 299 g/mol. The molecule has 0 unspecified atom stereocenters. The first-order valence-corrected chi connectivity index (χ1v) is 7.47. The van der Waals surface area contributed by atoms with Crippen molar-refractivity contribution in [3.05, 3.63) is 51.0 Å². The summed E-state index contributed by atoms with van der Waals surface area (Å²) in [6.07, 6.45) is 0. The van der Waals surface area contributed by atoms with Crippen molar-refractivity contribution < 1.29 is 4.79 Å². The van der Waals surface area contributed by atoms with Gasteiger partial charge in [0.05, 0.1) is 13.1 Å². The molecule has 0 atom stereocenters. The van der Waals surface area contributed by atoms with Gasteiger partial charge in [0.1, 0.15) is 5.01 Å². The van der Waals surface area contributed by atoms with Crippen LogP contribution in [0.15, 0.2) is 23.6 Å². The van der Waals surface area contributed by atoms with Crippen LogP contribution in [-0.4, -0.2) is 17.4 Å². The normalized spacial score (nSPS) is 9.86. The van der Waals surface area contributed by atoms with Gasteiger partial charge in [-0.2, -0.15) is 0 Å². The second-order valence-electron chi connectivity index (χ2n) is 4.55. The van der Waals surface area contributed by atoms with Gasteiger partial charge in [0.2, 0.25) is 0 Å². The highest BCUT2D eigenvalue weighted by Gasteiger charge is 2.11. The lowest BCUT2D eigenvalue weighted by molar-refractivity contribution is 0.0950. The Bertz CT molecular complexity index is 710. The Kier molecular flexibility index (Phi) is 5.09. The molecular weight excluding hydrogens is 282 g/mol. The number of aryl methyl sites for hydroxylation is 1. The Balaban J connectivity index is 2.12. The van der Waals surface area contributed by atoms with Crippen LogP contribution < -0.4 is 11.1 Å². The van der Waals surface area contributed by atoms with E-state index < -0.39 is 0 Å². The van der Waals surface area contributed by atoms with E-state index >= 15 is 0 Å². The SMILES string of the molecule is Cc1csc(CNC(=O)c2cccc(C#CCN)c2C)n1. The quantitative estimate of drug-likeness (QED) is 0.852. The van der Waals surface area contributed by atoms with Crippen LogP contribution in [0.4, 0.5) is 0 Å². The van der Waals surface area contributed by atoms with Gasteiger partial charge in [0.15, 0.2) is 0 Å². The minimum Gasteiger partial charge on any atom is -0.346 e. The van der Waals surface area contributed by atoms with Crippen molar-refractivity contribution in [1.29, 1.82) is 0 Å². The first-order chi connectivity index (χ1) is 10.1. The molecule has 3 N–H and O–H groups in total. The van der Waals surface area contributed by atoms with Crippen LogP contribution in [0.5, 0.6) is 0 Å². The maximum Gasteiger partial charge on any atom is 0.251 e. The van der Waals surface area contributed by atoms with E-state index in [0.717, 1.165) is 21.8 Å². The first kappa shape index (κ1) is 15.2. The highest BCUT2D eigenvalue weighted by Crippen LogP contribution is 2.14. The van der Waals surface area contributed by atoms with Crippen molar-refractivity contribution in [3.63, 3.8) is 0 Å². The fourth-order valence-corrected chi connectivity index (χ4v) is 2.61. The molecule has 0 saturated heterocycles. The zero-order chi connectivity index (χ0) is 15.2. The largest absolute Gasteiger partial charge is 0.346 e. The molecule has 0 radical (unpaired) electrons. The van der Waals surface area contributed by atoms with Gasteiger partial charge in [-0.1, -0.05) is 17.9 Å². The van der Waals surface area contributed by atoms with Crippen LogP contribution in [0.1, 0.15) is 32.2 Å². The molecule has 1 aromatic heterocycles. The number of thiazole rings is 1. The molecular formula is C16H17N3OS. The number of nitrogens with two attached hydrogens (primary N) is 1. The minimum atomic E-state index is -0.114. The molecule has 0 spiro atoms. The third kappa shape index (κ3) is 3.91. The molecule has 21 heavy (non-hydrogen) atoms. The number of amides is 1. The summed E-state index contributed by atoms with van der Waals surface area (Å²) in [6.45, 7) is 4.57.